The zero-order valence-electron chi connectivity index (χ0n) is 23.3. The lowest BCUT2D eigenvalue weighted by atomic mass is 9.83. The largest absolute Gasteiger partial charge is 0.507 e. The van der Waals surface area contributed by atoms with Gasteiger partial charge in [-0.3, -0.25) is 9.59 Å². The minimum absolute atomic E-state index is 0.119. The van der Waals surface area contributed by atoms with Crippen LogP contribution in [0.1, 0.15) is 87.8 Å². The highest BCUT2D eigenvalue weighted by molar-refractivity contribution is 5.67. The molecule has 0 unspecified atom stereocenters. The summed E-state index contributed by atoms with van der Waals surface area (Å²) in [5.41, 5.74) is 4.99. The quantitative estimate of drug-likeness (QED) is 0.292. The van der Waals surface area contributed by atoms with E-state index in [0.29, 0.717) is 24.3 Å². The molecule has 0 fully saturated rings. The Bertz CT molecular complexity index is 960. The first kappa shape index (κ1) is 33.9. The smallest absolute Gasteiger partial charge is 0.303 e. The van der Waals surface area contributed by atoms with Crippen molar-refractivity contribution >= 4 is 11.9 Å². The van der Waals surface area contributed by atoms with E-state index in [1.165, 1.54) is 0 Å². The average Bonchev–Trinajstić information content (AvgIpc) is 2.74. The maximum atomic E-state index is 10.6. The fourth-order valence-electron chi connectivity index (χ4n) is 3.64. The van der Waals surface area contributed by atoms with Gasteiger partial charge >= 0.3 is 11.9 Å². The molecule has 0 bridgehead atoms. The third kappa shape index (κ3) is 12.1. The molecule has 0 radical (unpaired) electrons. The summed E-state index contributed by atoms with van der Waals surface area (Å²) in [6, 6.07) is 7.53. The Kier molecular flexibility index (Phi) is 13.4. The molecular weight excluding hydrogens is 476 g/mol. The van der Waals surface area contributed by atoms with E-state index < -0.39 is 18.7 Å². The Morgan fingerprint density at radius 2 is 0.919 bits per heavy atom. The Balaban J connectivity index is 0.000000633. The summed E-state index contributed by atoms with van der Waals surface area (Å²) in [6.45, 7) is 15.1. The molecule has 0 aliphatic rings. The molecule has 0 saturated carbocycles. The normalized spacial score (nSPS) is 11.1. The number of hydrogen-bond donors (Lipinski definition) is 6. The highest BCUT2D eigenvalue weighted by Crippen LogP contribution is 2.35. The Labute approximate surface area is 220 Å². The summed E-state index contributed by atoms with van der Waals surface area (Å²) in [6.07, 6.45) is 1.24. The van der Waals surface area contributed by atoms with Gasteiger partial charge in [-0.25, -0.2) is 0 Å². The number of phenolic OH excluding ortho intramolecular Hbond substituents is 2. The van der Waals surface area contributed by atoms with Crippen molar-refractivity contribution in [2.45, 2.75) is 91.9 Å². The molecule has 2 aromatic rings. The first-order valence-electron chi connectivity index (χ1n) is 12.2. The van der Waals surface area contributed by atoms with Crippen LogP contribution in [0.3, 0.4) is 0 Å². The van der Waals surface area contributed by atoms with Crippen molar-refractivity contribution in [3.05, 3.63) is 57.6 Å². The molecule has 8 heteroatoms. The van der Waals surface area contributed by atoms with Crippen LogP contribution in [0.15, 0.2) is 24.3 Å². The molecule has 0 aliphatic carbocycles. The van der Waals surface area contributed by atoms with Crippen LogP contribution in [-0.2, 0) is 33.3 Å². The number of hydrogen-bond acceptors (Lipinski definition) is 6. The summed E-state index contributed by atoms with van der Waals surface area (Å²) in [5.74, 6) is -0.964. The van der Waals surface area contributed by atoms with Crippen molar-refractivity contribution in [1.29, 1.82) is 0 Å². The zero-order valence-corrected chi connectivity index (χ0v) is 23.3. The van der Waals surface area contributed by atoms with Gasteiger partial charge in [-0.1, -0.05) is 65.8 Å². The number of carboxylic acid groups (broad SMARTS) is 2. The van der Waals surface area contributed by atoms with E-state index >= 15 is 0 Å². The maximum Gasteiger partial charge on any atom is 0.303 e. The fourth-order valence-corrected chi connectivity index (χ4v) is 3.64. The van der Waals surface area contributed by atoms with E-state index in [1.807, 2.05) is 79.7 Å². The second kappa shape index (κ2) is 14.6. The fraction of sp³-hybridized carbons (Fsp3) is 0.517. The first-order valence-corrected chi connectivity index (χ1v) is 12.2. The van der Waals surface area contributed by atoms with Gasteiger partial charge < -0.3 is 30.6 Å². The van der Waals surface area contributed by atoms with E-state index in [2.05, 4.69) is 0 Å². The Morgan fingerprint density at radius 1 is 0.649 bits per heavy atom. The first-order chi connectivity index (χ1) is 16.8. The number of aromatic hydroxyl groups is 2. The van der Waals surface area contributed by atoms with Gasteiger partial charge in [0.1, 0.15) is 18.3 Å². The van der Waals surface area contributed by atoms with Crippen molar-refractivity contribution in [2.24, 2.45) is 0 Å². The number of phenols is 2. The molecule has 8 nitrogen and oxygen atoms in total. The molecule has 2 aromatic carbocycles. The molecule has 208 valence electrons. The Morgan fingerprint density at radius 3 is 1.14 bits per heavy atom. The molecule has 0 aliphatic heterocycles. The van der Waals surface area contributed by atoms with E-state index in [1.54, 1.807) is 0 Å². The van der Waals surface area contributed by atoms with Gasteiger partial charge in [0.25, 0.3) is 0 Å². The van der Waals surface area contributed by atoms with Gasteiger partial charge in [-0.05, 0) is 70.9 Å². The molecule has 6 N–H and O–H groups in total. The molecule has 0 amide bonds. The van der Waals surface area contributed by atoms with Crippen LogP contribution < -0.4 is 0 Å². The number of aliphatic hydroxyl groups is 2. The monoisotopic (exact) mass is 520 g/mol. The summed E-state index contributed by atoms with van der Waals surface area (Å²) in [4.78, 5) is 21.1. The van der Waals surface area contributed by atoms with E-state index in [-0.39, 0.29) is 23.7 Å². The van der Waals surface area contributed by atoms with Gasteiger partial charge in [0, 0.05) is 12.8 Å². The van der Waals surface area contributed by atoms with E-state index in [9.17, 15) is 19.8 Å². The lowest BCUT2D eigenvalue weighted by molar-refractivity contribution is -0.138. The summed E-state index contributed by atoms with van der Waals surface area (Å²) in [7, 11) is 0. The second-order valence-electron chi connectivity index (χ2n) is 11.0. The van der Waals surface area contributed by atoms with Crippen molar-refractivity contribution < 1.29 is 40.2 Å². The number of rotatable bonds is 6. The number of carbonyl (C=O) groups is 2. The predicted octanol–water partition coefficient (Wildman–Crippen LogP) is 4.96. The molecule has 37 heavy (non-hydrogen) atoms. The van der Waals surface area contributed by atoms with Gasteiger partial charge in [0.15, 0.2) is 0 Å². The number of carboxylic acids is 2. The minimum Gasteiger partial charge on any atom is -0.507 e. The van der Waals surface area contributed by atoms with Crippen molar-refractivity contribution in [1.82, 2.24) is 0 Å². The van der Waals surface area contributed by atoms with Crippen LogP contribution >= 0.6 is 0 Å². The maximum absolute atomic E-state index is 10.6. The molecule has 2 rings (SSSR count). The SMILES string of the molecule is Cc1cc(CCC(=O)O)cc(C(C)(C)C)c1O.Cc1cc(CCC(=O)O)cc(C(C)(C)C)c1O.OCO. The average molecular weight is 521 g/mol. The minimum atomic E-state index is -0.798. The number of aryl methyl sites for hydroxylation is 4. The second-order valence-corrected chi connectivity index (χ2v) is 11.0. The van der Waals surface area contributed by atoms with Crippen molar-refractivity contribution in [3.8, 4) is 11.5 Å². The van der Waals surface area contributed by atoms with Crippen LogP contribution in [0, 0.1) is 13.8 Å². The van der Waals surface area contributed by atoms with Crippen LogP contribution in [0.25, 0.3) is 0 Å². The lowest BCUT2D eigenvalue weighted by Gasteiger charge is -2.22. The molecule has 0 heterocycles. The predicted molar refractivity (Wildman–Crippen MR) is 144 cm³/mol. The molecular formula is C29H44O8. The van der Waals surface area contributed by atoms with E-state index in [0.717, 1.165) is 33.4 Å². The number of aliphatic hydroxyl groups excluding tert-OH is 1. The third-order valence-electron chi connectivity index (χ3n) is 5.59. The van der Waals surface area contributed by atoms with Gasteiger partial charge in [0.05, 0.1) is 0 Å². The topological polar surface area (TPSA) is 156 Å². The standard InChI is InChI=1S/2C14H20O3.CH4O2/c2*1-9-7-10(5-6-12(15)16)8-11(13(9)17)14(2,3)4;2-1-3/h2*7-8,17H,5-6H2,1-4H3,(H,15,16);2-3H,1H2. The molecule has 0 saturated heterocycles. The van der Waals surface area contributed by atoms with Gasteiger partial charge in [0.2, 0.25) is 0 Å². The Hall–Kier alpha value is -3.10. The number of benzene rings is 2. The highest BCUT2D eigenvalue weighted by Gasteiger charge is 2.21. The number of aliphatic carboxylic acids is 2. The van der Waals surface area contributed by atoms with Crippen LogP contribution in [-0.4, -0.2) is 49.4 Å². The molecule has 0 spiro atoms. The van der Waals surface area contributed by atoms with Gasteiger partial charge in [-0.2, -0.15) is 0 Å². The van der Waals surface area contributed by atoms with Gasteiger partial charge in [-0.15, -0.1) is 0 Å². The van der Waals surface area contributed by atoms with Crippen LogP contribution in [0.5, 0.6) is 11.5 Å². The summed E-state index contributed by atoms with van der Waals surface area (Å²) < 4.78 is 0. The van der Waals surface area contributed by atoms with Crippen molar-refractivity contribution in [3.63, 3.8) is 0 Å². The summed E-state index contributed by atoms with van der Waals surface area (Å²) >= 11 is 0. The van der Waals surface area contributed by atoms with Crippen molar-refractivity contribution in [2.75, 3.05) is 6.79 Å². The highest BCUT2D eigenvalue weighted by atomic mass is 16.5. The van der Waals surface area contributed by atoms with E-state index in [4.69, 9.17) is 20.4 Å². The van der Waals surface area contributed by atoms with Crippen LogP contribution in [0.4, 0.5) is 0 Å². The van der Waals surface area contributed by atoms with Crippen LogP contribution in [0.2, 0.25) is 0 Å². The molecule has 0 atom stereocenters. The summed E-state index contributed by atoms with van der Waals surface area (Å²) in [5, 5.41) is 51.6. The lowest BCUT2D eigenvalue weighted by Crippen LogP contribution is -2.12. The third-order valence-corrected chi connectivity index (χ3v) is 5.59. The molecule has 0 aromatic heterocycles. The zero-order chi connectivity index (χ0) is 29.1.